The van der Waals surface area contributed by atoms with Crippen molar-refractivity contribution in [3.05, 3.63) is 60.5 Å². The fourth-order valence-electron chi connectivity index (χ4n) is 2.28. The van der Waals surface area contributed by atoms with Gasteiger partial charge in [0, 0.05) is 12.1 Å². The van der Waals surface area contributed by atoms with Gasteiger partial charge in [-0.1, -0.05) is 42.5 Å². The van der Waals surface area contributed by atoms with E-state index in [9.17, 15) is 0 Å². The van der Waals surface area contributed by atoms with Gasteiger partial charge >= 0.3 is 0 Å². The zero-order chi connectivity index (χ0) is 17.1. The monoisotopic (exact) mass is 383 g/mol. The van der Waals surface area contributed by atoms with E-state index < -0.39 is 0 Å². The second-order valence-corrected chi connectivity index (χ2v) is 7.95. The van der Waals surface area contributed by atoms with Gasteiger partial charge in [0.15, 0.2) is 21.1 Å². The highest BCUT2D eigenvalue weighted by Crippen LogP contribution is 2.33. The highest BCUT2D eigenvalue weighted by Gasteiger charge is 2.17. The average Bonchev–Trinajstić information content (AvgIpc) is 3.38. The summed E-state index contributed by atoms with van der Waals surface area (Å²) in [7, 11) is 0. The maximum absolute atomic E-state index is 4.62. The standard InChI is InChI=1S/C17H13N5S3/c1-2-10-22-15(13-9-6-11-23-13)19-20-16(22)24-17-18-14(21-25-17)12-7-4-3-5-8-12/h2-9,11H,1,10H2. The molecule has 1 aromatic carbocycles. The van der Waals surface area contributed by atoms with Crippen molar-refractivity contribution in [2.45, 2.75) is 16.0 Å². The maximum Gasteiger partial charge on any atom is 0.198 e. The van der Waals surface area contributed by atoms with Gasteiger partial charge in [0.1, 0.15) is 0 Å². The van der Waals surface area contributed by atoms with Gasteiger partial charge in [-0.05, 0) is 34.7 Å². The average molecular weight is 384 g/mol. The molecule has 0 bridgehead atoms. The Bertz CT molecular complexity index is 973. The quantitative estimate of drug-likeness (QED) is 0.445. The molecule has 0 radical (unpaired) electrons. The molecule has 4 rings (SSSR count). The van der Waals surface area contributed by atoms with Gasteiger partial charge in [-0.2, -0.15) is 4.37 Å². The normalized spacial score (nSPS) is 10.9. The third kappa shape index (κ3) is 3.41. The summed E-state index contributed by atoms with van der Waals surface area (Å²) in [6.07, 6.45) is 1.85. The number of rotatable bonds is 6. The Morgan fingerprint density at radius 2 is 2.00 bits per heavy atom. The van der Waals surface area contributed by atoms with Gasteiger partial charge < -0.3 is 0 Å². The van der Waals surface area contributed by atoms with E-state index in [1.165, 1.54) is 23.3 Å². The summed E-state index contributed by atoms with van der Waals surface area (Å²) in [5, 5.41) is 11.5. The minimum atomic E-state index is 0.646. The molecule has 0 amide bonds. The van der Waals surface area contributed by atoms with Crippen molar-refractivity contribution < 1.29 is 0 Å². The number of hydrogen-bond donors (Lipinski definition) is 0. The number of allylic oxidation sites excluding steroid dienone is 1. The molecule has 0 saturated carbocycles. The first-order valence-corrected chi connectivity index (χ1v) is 9.97. The molecule has 124 valence electrons. The summed E-state index contributed by atoms with van der Waals surface area (Å²) in [6.45, 7) is 4.49. The van der Waals surface area contributed by atoms with E-state index >= 15 is 0 Å². The molecule has 0 N–H and O–H groups in total. The highest BCUT2D eigenvalue weighted by atomic mass is 32.2. The van der Waals surface area contributed by atoms with E-state index in [0.717, 1.165) is 31.6 Å². The molecule has 3 heterocycles. The summed E-state index contributed by atoms with van der Waals surface area (Å²) in [6, 6.07) is 14.0. The molecule has 3 aromatic heterocycles. The second-order valence-electron chi connectivity index (χ2n) is 5.03. The van der Waals surface area contributed by atoms with Gasteiger partial charge in [-0.15, -0.1) is 28.1 Å². The summed E-state index contributed by atoms with van der Waals surface area (Å²) in [5.74, 6) is 1.59. The number of thiophene rings is 1. The Morgan fingerprint density at radius 3 is 2.76 bits per heavy atom. The number of benzene rings is 1. The van der Waals surface area contributed by atoms with Gasteiger partial charge in [0.25, 0.3) is 0 Å². The lowest BCUT2D eigenvalue weighted by Gasteiger charge is -2.04. The largest absolute Gasteiger partial charge is 0.297 e. The van der Waals surface area contributed by atoms with Crippen molar-refractivity contribution in [2.75, 3.05) is 0 Å². The fourth-order valence-corrected chi connectivity index (χ4v) is 4.56. The molecule has 0 spiro atoms. The molecule has 0 aliphatic heterocycles. The first kappa shape index (κ1) is 16.2. The van der Waals surface area contributed by atoms with Crippen LogP contribution < -0.4 is 0 Å². The Morgan fingerprint density at radius 1 is 1.12 bits per heavy atom. The van der Waals surface area contributed by atoms with Gasteiger partial charge in [-0.3, -0.25) is 4.57 Å². The van der Waals surface area contributed by atoms with E-state index in [1.54, 1.807) is 11.3 Å². The lowest BCUT2D eigenvalue weighted by molar-refractivity contribution is 0.732. The predicted octanol–water partition coefficient (Wildman–Crippen LogP) is 4.86. The molecule has 0 saturated heterocycles. The van der Waals surface area contributed by atoms with Crippen molar-refractivity contribution in [1.82, 2.24) is 24.1 Å². The number of aromatic nitrogens is 5. The van der Waals surface area contributed by atoms with E-state index in [0.29, 0.717) is 6.54 Å². The van der Waals surface area contributed by atoms with Crippen LogP contribution in [0.15, 0.2) is 70.0 Å². The Labute approximate surface area is 157 Å². The molecule has 0 unspecified atom stereocenters. The van der Waals surface area contributed by atoms with E-state index in [1.807, 2.05) is 58.5 Å². The van der Waals surface area contributed by atoms with Crippen LogP contribution in [0, 0.1) is 0 Å². The summed E-state index contributed by atoms with van der Waals surface area (Å²) >= 11 is 4.49. The number of nitrogens with zero attached hydrogens (tertiary/aromatic N) is 5. The molecule has 4 aromatic rings. The van der Waals surface area contributed by atoms with Crippen LogP contribution in [0.1, 0.15) is 0 Å². The first-order valence-electron chi connectivity index (χ1n) is 7.50. The van der Waals surface area contributed by atoms with Crippen LogP contribution >= 0.6 is 34.6 Å². The van der Waals surface area contributed by atoms with Gasteiger partial charge in [0.2, 0.25) is 0 Å². The maximum atomic E-state index is 4.62. The number of hydrogen-bond acceptors (Lipinski definition) is 7. The smallest absolute Gasteiger partial charge is 0.198 e. The Hall–Kier alpha value is -2.29. The summed E-state index contributed by atoms with van der Waals surface area (Å²) in [5.41, 5.74) is 1.01. The van der Waals surface area contributed by atoms with Crippen molar-refractivity contribution in [3.63, 3.8) is 0 Å². The summed E-state index contributed by atoms with van der Waals surface area (Å²) < 4.78 is 7.34. The summed E-state index contributed by atoms with van der Waals surface area (Å²) in [4.78, 5) is 5.70. The lowest BCUT2D eigenvalue weighted by Crippen LogP contribution is -1.99. The third-order valence-electron chi connectivity index (χ3n) is 3.39. The molecule has 0 fully saturated rings. The second kappa shape index (κ2) is 7.30. The van der Waals surface area contributed by atoms with Gasteiger partial charge in [0.05, 0.1) is 4.88 Å². The lowest BCUT2D eigenvalue weighted by atomic mass is 10.2. The Balaban J connectivity index is 1.63. The molecule has 0 aliphatic carbocycles. The first-order chi connectivity index (χ1) is 12.3. The highest BCUT2D eigenvalue weighted by molar-refractivity contribution is 8.00. The minimum absolute atomic E-state index is 0.646. The van der Waals surface area contributed by atoms with Crippen molar-refractivity contribution in [2.24, 2.45) is 0 Å². The molecular formula is C17H13N5S3. The topological polar surface area (TPSA) is 56.5 Å². The SMILES string of the molecule is C=CCn1c(Sc2nc(-c3ccccc3)ns2)nnc1-c1cccs1. The molecular weight excluding hydrogens is 370 g/mol. The molecule has 0 aliphatic rings. The zero-order valence-electron chi connectivity index (χ0n) is 13.1. The molecule has 5 nitrogen and oxygen atoms in total. The minimum Gasteiger partial charge on any atom is -0.297 e. The van der Waals surface area contributed by atoms with Crippen molar-refractivity contribution in [1.29, 1.82) is 0 Å². The van der Waals surface area contributed by atoms with Gasteiger partial charge in [-0.25, -0.2) is 4.98 Å². The Kier molecular flexibility index (Phi) is 4.73. The zero-order valence-corrected chi connectivity index (χ0v) is 15.5. The molecule has 8 heteroatoms. The van der Waals surface area contributed by atoms with Crippen LogP contribution in [-0.2, 0) is 6.54 Å². The van der Waals surface area contributed by atoms with Crippen molar-refractivity contribution in [3.8, 4) is 22.1 Å². The molecule has 0 atom stereocenters. The van der Waals surface area contributed by atoms with Crippen LogP contribution in [0.2, 0.25) is 0 Å². The fraction of sp³-hybridized carbons (Fsp3) is 0.0588. The molecule has 25 heavy (non-hydrogen) atoms. The predicted molar refractivity (Wildman–Crippen MR) is 103 cm³/mol. The van der Waals surface area contributed by atoms with Crippen molar-refractivity contribution >= 4 is 34.6 Å². The van der Waals surface area contributed by atoms with Crippen LogP contribution in [0.25, 0.3) is 22.1 Å². The van der Waals surface area contributed by atoms with Crippen LogP contribution in [0.4, 0.5) is 0 Å². The van der Waals surface area contributed by atoms with Crippen LogP contribution in [0.5, 0.6) is 0 Å². The third-order valence-corrected chi connectivity index (χ3v) is 5.99. The van der Waals surface area contributed by atoms with Crippen LogP contribution in [0.3, 0.4) is 0 Å². The van der Waals surface area contributed by atoms with E-state index in [-0.39, 0.29) is 0 Å². The van der Waals surface area contributed by atoms with E-state index in [2.05, 4.69) is 26.1 Å². The van der Waals surface area contributed by atoms with E-state index in [4.69, 9.17) is 0 Å². The van der Waals surface area contributed by atoms with Crippen LogP contribution in [-0.4, -0.2) is 24.1 Å².